The normalized spacial score (nSPS) is 12.3. The summed E-state index contributed by atoms with van der Waals surface area (Å²) in [7, 11) is 0. The Bertz CT molecular complexity index is 542. The van der Waals surface area contributed by atoms with Crippen LogP contribution in [0.5, 0.6) is 0 Å². The molecule has 0 spiro atoms. The Hall–Kier alpha value is -0.830. The van der Waals surface area contributed by atoms with Gasteiger partial charge in [0.05, 0.1) is 0 Å². The molecule has 0 radical (unpaired) electrons. The molecule has 2 aromatic carbocycles. The summed E-state index contributed by atoms with van der Waals surface area (Å²) in [5.74, 6) is 0. The lowest BCUT2D eigenvalue weighted by molar-refractivity contribution is 0.527. The predicted octanol–water partition coefficient (Wildman–Crippen LogP) is 5.39. The predicted molar refractivity (Wildman–Crippen MR) is 90.3 cm³/mol. The van der Waals surface area contributed by atoms with E-state index in [0.29, 0.717) is 6.04 Å². The van der Waals surface area contributed by atoms with Crippen LogP contribution in [0.25, 0.3) is 0 Å². The number of rotatable bonds is 6. The Morgan fingerprint density at radius 3 is 2.55 bits per heavy atom. The topological polar surface area (TPSA) is 12.0 Å². The van der Waals surface area contributed by atoms with E-state index in [4.69, 9.17) is 11.6 Å². The molecule has 0 bridgehead atoms. The van der Waals surface area contributed by atoms with Crippen molar-refractivity contribution < 1.29 is 0 Å². The first-order valence-electron chi connectivity index (χ1n) is 6.93. The van der Waals surface area contributed by atoms with E-state index in [-0.39, 0.29) is 0 Å². The molecule has 0 saturated carbocycles. The van der Waals surface area contributed by atoms with Crippen molar-refractivity contribution >= 4 is 27.5 Å². The van der Waals surface area contributed by atoms with Crippen molar-refractivity contribution in [2.24, 2.45) is 0 Å². The molecular formula is C17H19BrClN. The van der Waals surface area contributed by atoms with E-state index in [0.717, 1.165) is 28.9 Å². The number of benzene rings is 2. The zero-order valence-corrected chi connectivity index (χ0v) is 13.9. The molecule has 1 nitrogen and oxygen atoms in total. The van der Waals surface area contributed by atoms with Gasteiger partial charge >= 0.3 is 0 Å². The van der Waals surface area contributed by atoms with Gasteiger partial charge in [-0.25, -0.2) is 0 Å². The Kier molecular flexibility index (Phi) is 6.08. The van der Waals surface area contributed by atoms with Gasteiger partial charge in [0.2, 0.25) is 0 Å². The number of nitrogens with one attached hydrogen (secondary N) is 1. The molecule has 0 amide bonds. The quantitative estimate of drug-likeness (QED) is 0.735. The maximum Gasteiger partial charge on any atom is 0.0417 e. The van der Waals surface area contributed by atoms with E-state index >= 15 is 0 Å². The average molecular weight is 353 g/mol. The average Bonchev–Trinajstić information content (AvgIpc) is 2.45. The van der Waals surface area contributed by atoms with Gasteiger partial charge in [-0.1, -0.05) is 70.9 Å². The first kappa shape index (κ1) is 15.6. The third-order valence-corrected chi connectivity index (χ3v) is 4.18. The van der Waals surface area contributed by atoms with Crippen molar-refractivity contribution in [3.8, 4) is 0 Å². The summed E-state index contributed by atoms with van der Waals surface area (Å²) in [6, 6.07) is 16.9. The van der Waals surface area contributed by atoms with Crippen LogP contribution in [0, 0.1) is 0 Å². The summed E-state index contributed by atoms with van der Waals surface area (Å²) >= 11 is 9.66. The smallest absolute Gasteiger partial charge is 0.0417 e. The molecule has 0 aromatic heterocycles. The number of hydrogen-bond donors (Lipinski definition) is 1. The van der Waals surface area contributed by atoms with Gasteiger partial charge in [0, 0.05) is 15.5 Å². The van der Waals surface area contributed by atoms with Gasteiger partial charge in [0.1, 0.15) is 0 Å². The van der Waals surface area contributed by atoms with Gasteiger partial charge in [-0.3, -0.25) is 0 Å². The van der Waals surface area contributed by atoms with Gasteiger partial charge in [0.25, 0.3) is 0 Å². The molecular weight excluding hydrogens is 334 g/mol. The van der Waals surface area contributed by atoms with E-state index in [1.54, 1.807) is 0 Å². The highest BCUT2D eigenvalue weighted by Gasteiger charge is 2.14. The summed E-state index contributed by atoms with van der Waals surface area (Å²) in [5.41, 5.74) is 2.59. The van der Waals surface area contributed by atoms with Crippen LogP contribution in [0.3, 0.4) is 0 Å². The van der Waals surface area contributed by atoms with E-state index < -0.39 is 0 Å². The van der Waals surface area contributed by atoms with Crippen LogP contribution in [-0.2, 0) is 6.42 Å². The highest BCUT2D eigenvalue weighted by molar-refractivity contribution is 9.10. The molecule has 2 rings (SSSR count). The van der Waals surface area contributed by atoms with E-state index in [9.17, 15) is 0 Å². The molecule has 0 heterocycles. The van der Waals surface area contributed by atoms with Gasteiger partial charge < -0.3 is 5.32 Å². The maximum atomic E-state index is 6.04. The first-order chi connectivity index (χ1) is 9.70. The molecule has 1 N–H and O–H groups in total. The van der Waals surface area contributed by atoms with Crippen molar-refractivity contribution in [3.63, 3.8) is 0 Å². The summed E-state index contributed by atoms with van der Waals surface area (Å²) in [5, 5.41) is 4.38. The van der Waals surface area contributed by atoms with Gasteiger partial charge in [-0.2, -0.15) is 0 Å². The molecule has 1 atom stereocenters. The van der Waals surface area contributed by atoms with Crippen LogP contribution < -0.4 is 5.32 Å². The Balaban J connectivity index is 2.22. The van der Waals surface area contributed by atoms with Gasteiger partial charge in [-0.15, -0.1) is 0 Å². The lowest BCUT2D eigenvalue weighted by Crippen LogP contribution is -2.24. The van der Waals surface area contributed by atoms with Gasteiger partial charge in [-0.05, 0) is 42.6 Å². The van der Waals surface area contributed by atoms with Crippen LogP contribution >= 0.6 is 27.5 Å². The van der Waals surface area contributed by atoms with E-state index in [1.807, 2.05) is 12.1 Å². The fourth-order valence-electron chi connectivity index (χ4n) is 2.24. The van der Waals surface area contributed by atoms with Gasteiger partial charge in [0.15, 0.2) is 0 Å². The minimum atomic E-state index is 0.295. The minimum absolute atomic E-state index is 0.295. The van der Waals surface area contributed by atoms with Crippen LogP contribution in [0.15, 0.2) is 53.0 Å². The zero-order chi connectivity index (χ0) is 14.4. The lowest BCUT2D eigenvalue weighted by Gasteiger charge is -2.20. The fourth-order valence-corrected chi connectivity index (χ4v) is 3.20. The highest BCUT2D eigenvalue weighted by atomic mass is 79.9. The fraction of sp³-hybridized carbons (Fsp3) is 0.294. The molecule has 0 aliphatic heterocycles. The third-order valence-electron chi connectivity index (χ3n) is 3.26. The van der Waals surface area contributed by atoms with Crippen molar-refractivity contribution in [2.75, 3.05) is 6.54 Å². The van der Waals surface area contributed by atoms with Crippen molar-refractivity contribution in [3.05, 3.63) is 69.2 Å². The molecule has 0 fully saturated rings. The SMILES string of the molecule is CCCNC(Cc1ccccc1)c1ccc(Cl)cc1Br. The Morgan fingerprint density at radius 2 is 1.90 bits per heavy atom. The van der Waals surface area contributed by atoms with Crippen LogP contribution in [0.1, 0.15) is 30.5 Å². The number of hydrogen-bond acceptors (Lipinski definition) is 1. The molecule has 2 aromatic rings. The van der Waals surface area contributed by atoms with E-state index in [1.165, 1.54) is 11.1 Å². The standard InChI is InChI=1S/C17H19BrClN/c1-2-10-20-17(11-13-6-4-3-5-7-13)15-9-8-14(19)12-16(15)18/h3-9,12,17,20H,2,10-11H2,1H3. The second-order valence-corrected chi connectivity index (χ2v) is 6.15. The monoisotopic (exact) mass is 351 g/mol. The number of halogens is 2. The van der Waals surface area contributed by atoms with Crippen LogP contribution in [-0.4, -0.2) is 6.54 Å². The van der Waals surface area contributed by atoms with Crippen molar-refractivity contribution in [2.45, 2.75) is 25.8 Å². The second-order valence-electron chi connectivity index (χ2n) is 4.86. The second kappa shape index (κ2) is 7.82. The molecule has 3 heteroatoms. The molecule has 0 aliphatic carbocycles. The minimum Gasteiger partial charge on any atom is -0.310 e. The molecule has 0 aliphatic rings. The lowest BCUT2D eigenvalue weighted by atomic mass is 9.99. The summed E-state index contributed by atoms with van der Waals surface area (Å²) in [6.45, 7) is 3.19. The van der Waals surface area contributed by atoms with Crippen LogP contribution in [0.2, 0.25) is 5.02 Å². The Morgan fingerprint density at radius 1 is 1.15 bits per heavy atom. The van der Waals surface area contributed by atoms with Crippen molar-refractivity contribution in [1.29, 1.82) is 0 Å². The van der Waals surface area contributed by atoms with Crippen molar-refractivity contribution in [1.82, 2.24) is 5.32 Å². The third kappa shape index (κ3) is 4.34. The molecule has 20 heavy (non-hydrogen) atoms. The van der Waals surface area contributed by atoms with Crippen LogP contribution in [0.4, 0.5) is 0 Å². The summed E-state index contributed by atoms with van der Waals surface area (Å²) in [6.07, 6.45) is 2.09. The molecule has 106 valence electrons. The summed E-state index contributed by atoms with van der Waals surface area (Å²) < 4.78 is 1.06. The van der Waals surface area contributed by atoms with E-state index in [2.05, 4.69) is 64.6 Å². The summed E-state index contributed by atoms with van der Waals surface area (Å²) in [4.78, 5) is 0. The zero-order valence-electron chi connectivity index (χ0n) is 11.6. The highest BCUT2D eigenvalue weighted by Crippen LogP contribution is 2.28. The maximum absolute atomic E-state index is 6.04. The Labute approximate surface area is 134 Å². The first-order valence-corrected chi connectivity index (χ1v) is 8.10. The molecule has 0 saturated heterocycles. The largest absolute Gasteiger partial charge is 0.310 e. The molecule has 1 unspecified atom stereocenters.